The Hall–Kier alpha value is -1.94. The zero-order chi connectivity index (χ0) is 15.2. The van der Waals surface area contributed by atoms with Crippen molar-refractivity contribution in [3.63, 3.8) is 0 Å². The molecule has 1 N–H and O–H groups in total. The van der Waals surface area contributed by atoms with Gasteiger partial charge in [0.1, 0.15) is 18.2 Å². The van der Waals surface area contributed by atoms with Gasteiger partial charge in [0.2, 0.25) is 0 Å². The van der Waals surface area contributed by atoms with Crippen LogP contribution in [-0.4, -0.2) is 11.5 Å². The zero-order valence-electron chi connectivity index (χ0n) is 12.7. The number of aryl methyl sites for hydroxylation is 1. The fourth-order valence-electron chi connectivity index (χ4n) is 2.25. The van der Waals surface area contributed by atoms with E-state index in [1.807, 2.05) is 12.1 Å². The normalized spacial score (nSPS) is 12.2. The molecule has 0 spiro atoms. The largest absolute Gasteiger partial charge is 0.489 e. The van der Waals surface area contributed by atoms with Crippen LogP contribution in [0, 0.1) is 12.7 Å². The first kappa shape index (κ1) is 15.4. The Balaban J connectivity index is 2.15. The Labute approximate surface area is 125 Å². The number of halogens is 1. The van der Waals surface area contributed by atoms with Crippen LogP contribution in [0.4, 0.5) is 4.39 Å². The molecule has 2 aromatic rings. The van der Waals surface area contributed by atoms with Gasteiger partial charge in [-0.15, -0.1) is 0 Å². The zero-order valence-corrected chi connectivity index (χ0v) is 12.7. The highest BCUT2D eigenvalue weighted by Gasteiger charge is 2.11. The van der Waals surface area contributed by atoms with Crippen LogP contribution in [0.3, 0.4) is 0 Å². The molecule has 112 valence electrons. The second kappa shape index (κ2) is 7.18. The van der Waals surface area contributed by atoms with E-state index >= 15 is 0 Å². The summed E-state index contributed by atoms with van der Waals surface area (Å²) in [6, 6.07) is 7.74. The summed E-state index contributed by atoms with van der Waals surface area (Å²) in [6.07, 6.45) is 2.80. The lowest BCUT2D eigenvalue weighted by Gasteiger charge is -2.18. The van der Waals surface area contributed by atoms with Crippen LogP contribution in [0.1, 0.15) is 36.6 Å². The van der Waals surface area contributed by atoms with Crippen molar-refractivity contribution in [2.24, 2.45) is 0 Å². The number of rotatable bonds is 6. The Bertz CT molecular complexity index is 601. The fourth-order valence-corrected chi connectivity index (χ4v) is 2.25. The molecular weight excluding hydrogens is 267 g/mol. The van der Waals surface area contributed by atoms with Gasteiger partial charge in [-0.1, -0.05) is 24.6 Å². The molecule has 0 aliphatic rings. The van der Waals surface area contributed by atoms with Crippen LogP contribution in [0.5, 0.6) is 5.75 Å². The number of nitrogens with zero attached hydrogens (tertiary/aromatic N) is 1. The van der Waals surface area contributed by atoms with E-state index in [0.29, 0.717) is 6.61 Å². The number of ether oxygens (including phenoxy) is 1. The van der Waals surface area contributed by atoms with E-state index in [9.17, 15) is 4.39 Å². The molecule has 0 saturated heterocycles. The van der Waals surface area contributed by atoms with Crippen LogP contribution in [0.25, 0.3) is 0 Å². The van der Waals surface area contributed by atoms with Crippen LogP contribution >= 0.6 is 0 Å². The lowest BCUT2D eigenvalue weighted by molar-refractivity contribution is 0.298. The van der Waals surface area contributed by atoms with E-state index in [2.05, 4.69) is 37.1 Å². The maximum absolute atomic E-state index is 13.1. The predicted octanol–water partition coefficient (Wildman–Crippen LogP) is 3.78. The second-order valence-corrected chi connectivity index (χ2v) is 5.12. The van der Waals surface area contributed by atoms with Gasteiger partial charge in [-0.05, 0) is 32.5 Å². The molecule has 1 unspecified atom stereocenters. The summed E-state index contributed by atoms with van der Waals surface area (Å²) < 4.78 is 19.0. The molecule has 3 nitrogen and oxygen atoms in total. The number of benzene rings is 1. The summed E-state index contributed by atoms with van der Waals surface area (Å²) in [4.78, 5) is 3.83. The number of hydrogen-bond donors (Lipinski definition) is 1. The van der Waals surface area contributed by atoms with Crippen molar-refractivity contribution < 1.29 is 9.13 Å². The van der Waals surface area contributed by atoms with Gasteiger partial charge in [0.25, 0.3) is 0 Å². The summed E-state index contributed by atoms with van der Waals surface area (Å²) in [5.41, 5.74) is 3.02. The molecule has 0 amide bonds. The molecule has 1 aromatic carbocycles. The van der Waals surface area contributed by atoms with Gasteiger partial charge in [-0.25, -0.2) is 4.39 Å². The topological polar surface area (TPSA) is 34.1 Å². The Morgan fingerprint density at radius 2 is 2.10 bits per heavy atom. The van der Waals surface area contributed by atoms with Crippen molar-refractivity contribution in [2.75, 3.05) is 6.54 Å². The van der Waals surface area contributed by atoms with Crippen molar-refractivity contribution in [1.82, 2.24) is 10.3 Å². The summed E-state index contributed by atoms with van der Waals surface area (Å²) >= 11 is 0. The van der Waals surface area contributed by atoms with E-state index in [1.54, 1.807) is 6.20 Å². The number of hydrogen-bond acceptors (Lipinski definition) is 3. The van der Waals surface area contributed by atoms with Crippen molar-refractivity contribution in [3.05, 3.63) is 59.2 Å². The molecule has 1 atom stereocenters. The van der Waals surface area contributed by atoms with Crippen molar-refractivity contribution in [3.8, 4) is 5.75 Å². The second-order valence-electron chi connectivity index (χ2n) is 5.12. The predicted molar refractivity (Wildman–Crippen MR) is 81.8 cm³/mol. The third-order valence-corrected chi connectivity index (χ3v) is 3.30. The highest BCUT2D eigenvalue weighted by atomic mass is 19.1. The average molecular weight is 288 g/mol. The van der Waals surface area contributed by atoms with Crippen LogP contribution in [-0.2, 0) is 6.61 Å². The van der Waals surface area contributed by atoms with Crippen molar-refractivity contribution in [1.29, 1.82) is 0 Å². The fraction of sp³-hybridized carbons (Fsp3) is 0.353. The van der Waals surface area contributed by atoms with Gasteiger partial charge in [0.15, 0.2) is 0 Å². The molecule has 1 aromatic heterocycles. The van der Waals surface area contributed by atoms with Gasteiger partial charge >= 0.3 is 0 Å². The van der Waals surface area contributed by atoms with E-state index in [4.69, 9.17) is 4.74 Å². The van der Waals surface area contributed by atoms with Gasteiger partial charge in [0, 0.05) is 23.4 Å². The molecule has 0 saturated carbocycles. The average Bonchev–Trinajstić information content (AvgIpc) is 2.46. The van der Waals surface area contributed by atoms with Crippen molar-refractivity contribution >= 4 is 0 Å². The summed E-state index contributed by atoms with van der Waals surface area (Å²) in [7, 11) is 0. The molecule has 0 radical (unpaired) electrons. The molecule has 2 rings (SSSR count). The van der Waals surface area contributed by atoms with Gasteiger partial charge < -0.3 is 10.1 Å². The Morgan fingerprint density at radius 3 is 2.81 bits per heavy atom. The van der Waals surface area contributed by atoms with Crippen molar-refractivity contribution in [2.45, 2.75) is 33.4 Å². The SMILES string of the molecule is CCNC(C)c1cc(C)ccc1OCc1cncc(F)c1. The number of pyridine rings is 1. The lowest BCUT2D eigenvalue weighted by atomic mass is 10.0. The first-order valence-electron chi connectivity index (χ1n) is 7.16. The first-order chi connectivity index (χ1) is 10.1. The van der Waals surface area contributed by atoms with E-state index in [1.165, 1.54) is 17.8 Å². The maximum atomic E-state index is 13.1. The highest BCUT2D eigenvalue weighted by Crippen LogP contribution is 2.27. The smallest absolute Gasteiger partial charge is 0.141 e. The molecule has 4 heteroatoms. The Morgan fingerprint density at radius 1 is 1.29 bits per heavy atom. The van der Waals surface area contributed by atoms with Gasteiger partial charge in [0.05, 0.1) is 6.20 Å². The standard InChI is InChI=1S/C17H21FN2O/c1-4-20-13(3)16-7-12(2)5-6-17(16)21-11-14-8-15(18)10-19-9-14/h5-10,13,20H,4,11H2,1-3H3. The lowest BCUT2D eigenvalue weighted by Crippen LogP contribution is -2.18. The quantitative estimate of drug-likeness (QED) is 0.878. The minimum Gasteiger partial charge on any atom is -0.489 e. The molecule has 0 aliphatic carbocycles. The third kappa shape index (κ3) is 4.26. The molecule has 0 fully saturated rings. The molecule has 0 aliphatic heterocycles. The van der Waals surface area contributed by atoms with Gasteiger partial charge in [-0.2, -0.15) is 0 Å². The minimum atomic E-state index is -0.346. The van der Waals surface area contributed by atoms with E-state index < -0.39 is 0 Å². The van der Waals surface area contributed by atoms with Gasteiger partial charge in [-0.3, -0.25) is 4.98 Å². The number of aromatic nitrogens is 1. The summed E-state index contributed by atoms with van der Waals surface area (Å²) in [5, 5.41) is 3.38. The van der Waals surface area contributed by atoms with Crippen LogP contribution in [0.15, 0.2) is 36.7 Å². The molecule has 21 heavy (non-hydrogen) atoms. The van der Waals surface area contributed by atoms with E-state index in [-0.39, 0.29) is 11.9 Å². The summed E-state index contributed by atoms with van der Waals surface area (Å²) in [6.45, 7) is 7.44. The monoisotopic (exact) mass is 288 g/mol. The Kier molecular flexibility index (Phi) is 5.28. The summed E-state index contributed by atoms with van der Waals surface area (Å²) in [5.74, 6) is 0.472. The highest BCUT2D eigenvalue weighted by molar-refractivity contribution is 5.39. The number of nitrogens with one attached hydrogen (secondary N) is 1. The van der Waals surface area contributed by atoms with Crippen LogP contribution in [0.2, 0.25) is 0 Å². The molecular formula is C17H21FN2O. The molecule has 1 heterocycles. The minimum absolute atomic E-state index is 0.204. The maximum Gasteiger partial charge on any atom is 0.141 e. The first-order valence-corrected chi connectivity index (χ1v) is 7.16. The molecule has 0 bridgehead atoms. The van der Waals surface area contributed by atoms with E-state index in [0.717, 1.165) is 23.4 Å². The van der Waals surface area contributed by atoms with Crippen LogP contribution < -0.4 is 10.1 Å². The third-order valence-electron chi connectivity index (χ3n) is 3.30.